The molecule has 0 saturated carbocycles. The van der Waals surface area contributed by atoms with Crippen LogP contribution in [0.25, 0.3) is 0 Å². The predicted octanol–water partition coefficient (Wildman–Crippen LogP) is 1.53. The Bertz CT molecular complexity index is 221. The van der Waals surface area contributed by atoms with Gasteiger partial charge < -0.3 is 10.2 Å². The van der Waals surface area contributed by atoms with Crippen LogP contribution in [0, 0.1) is 6.92 Å². The standard InChI is InChI=1S/C9H12O.C2H6O/c1-8-4-2-3-5-9(8)6-7-10;1-2-3/h2-5,10H,6-7H2,1H3;3H,2H2,1H3. The van der Waals surface area contributed by atoms with Gasteiger partial charge in [0.15, 0.2) is 0 Å². The maximum atomic E-state index is 8.64. The van der Waals surface area contributed by atoms with E-state index in [0.29, 0.717) is 0 Å². The first-order valence-corrected chi connectivity index (χ1v) is 4.52. The van der Waals surface area contributed by atoms with Crippen molar-refractivity contribution < 1.29 is 10.2 Å². The summed E-state index contributed by atoms with van der Waals surface area (Å²) in [6.07, 6.45) is 0.771. The molecule has 0 aliphatic heterocycles. The second-order valence-corrected chi connectivity index (χ2v) is 2.72. The van der Waals surface area contributed by atoms with Crippen LogP contribution in [0.2, 0.25) is 0 Å². The van der Waals surface area contributed by atoms with E-state index in [1.165, 1.54) is 11.1 Å². The van der Waals surface area contributed by atoms with E-state index >= 15 is 0 Å². The zero-order valence-corrected chi connectivity index (χ0v) is 8.33. The van der Waals surface area contributed by atoms with Crippen LogP contribution in [0.1, 0.15) is 18.1 Å². The molecule has 0 bridgehead atoms. The van der Waals surface area contributed by atoms with Crippen LogP contribution in [0.3, 0.4) is 0 Å². The van der Waals surface area contributed by atoms with Crippen LogP contribution in [-0.4, -0.2) is 23.4 Å². The van der Waals surface area contributed by atoms with Gasteiger partial charge in [0, 0.05) is 13.2 Å². The molecule has 0 spiro atoms. The van der Waals surface area contributed by atoms with Gasteiger partial charge in [0.2, 0.25) is 0 Å². The smallest absolute Gasteiger partial charge is 0.0471 e. The lowest BCUT2D eigenvalue weighted by molar-refractivity contribution is 0.299. The van der Waals surface area contributed by atoms with Crippen LogP contribution < -0.4 is 0 Å². The molecule has 0 amide bonds. The molecule has 13 heavy (non-hydrogen) atoms. The minimum absolute atomic E-state index is 0.241. The highest BCUT2D eigenvalue weighted by atomic mass is 16.3. The normalized spacial score (nSPS) is 8.92. The Balaban J connectivity index is 0.000000424. The second kappa shape index (κ2) is 7.77. The third-order valence-corrected chi connectivity index (χ3v) is 1.64. The van der Waals surface area contributed by atoms with Crippen molar-refractivity contribution in [1.82, 2.24) is 0 Å². The summed E-state index contributed by atoms with van der Waals surface area (Å²) in [5.74, 6) is 0. The predicted molar refractivity (Wildman–Crippen MR) is 54.7 cm³/mol. The van der Waals surface area contributed by atoms with Crippen LogP contribution in [0.4, 0.5) is 0 Å². The molecule has 74 valence electrons. The summed E-state index contributed by atoms with van der Waals surface area (Å²) < 4.78 is 0. The highest BCUT2D eigenvalue weighted by Gasteiger charge is 1.93. The van der Waals surface area contributed by atoms with Gasteiger partial charge in [0.1, 0.15) is 0 Å². The quantitative estimate of drug-likeness (QED) is 0.728. The van der Waals surface area contributed by atoms with E-state index in [4.69, 9.17) is 10.2 Å². The van der Waals surface area contributed by atoms with E-state index in [1.54, 1.807) is 6.92 Å². The van der Waals surface area contributed by atoms with Gasteiger partial charge in [-0.1, -0.05) is 24.3 Å². The zero-order valence-electron chi connectivity index (χ0n) is 8.33. The molecular formula is C11H18O2. The van der Waals surface area contributed by atoms with Crippen molar-refractivity contribution >= 4 is 0 Å². The highest BCUT2D eigenvalue weighted by Crippen LogP contribution is 2.06. The maximum Gasteiger partial charge on any atom is 0.0471 e. The molecule has 1 aromatic carbocycles. The van der Waals surface area contributed by atoms with Crippen LogP contribution in [0.5, 0.6) is 0 Å². The van der Waals surface area contributed by atoms with E-state index in [9.17, 15) is 0 Å². The first-order chi connectivity index (χ1) is 6.26. The highest BCUT2D eigenvalue weighted by molar-refractivity contribution is 5.25. The molecular weight excluding hydrogens is 164 g/mol. The molecule has 0 radical (unpaired) electrons. The second-order valence-electron chi connectivity index (χ2n) is 2.72. The fourth-order valence-electron chi connectivity index (χ4n) is 1.01. The minimum Gasteiger partial charge on any atom is -0.397 e. The van der Waals surface area contributed by atoms with Gasteiger partial charge in [-0.15, -0.1) is 0 Å². The first kappa shape index (κ1) is 12.1. The molecule has 0 aromatic heterocycles. The third-order valence-electron chi connectivity index (χ3n) is 1.64. The molecule has 0 aliphatic rings. The minimum atomic E-state index is 0.241. The molecule has 0 atom stereocenters. The fourth-order valence-corrected chi connectivity index (χ4v) is 1.01. The van der Waals surface area contributed by atoms with Crippen LogP contribution in [-0.2, 0) is 6.42 Å². The number of aliphatic hydroxyl groups is 2. The lowest BCUT2D eigenvalue weighted by Gasteiger charge is -2.00. The van der Waals surface area contributed by atoms with E-state index in [0.717, 1.165) is 6.42 Å². The Labute approximate surface area is 79.9 Å². The van der Waals surface area contributed by atoms with Gasteiger partial charge in [-0.3, -0.25) is 0 Å². The number of hydrogen-bond acceptors (Lipinski definition) is 2. The van der Waals surface area contributed by atoms with Gasteiger partial charge >= 0.3 is 0 Å². The molecule has 2 heteroatoms. The van der Waals surface area contributed by atoms with Gasteiger partial charge in [0.25, 0.3) is 0 Å². The molecule has 2 nitrogen and oxygen atoms in total. The van der Waals surface area contributed by atoms with Crippen molar-refractivity contribution in [1.29, 1.82) is 0 Å². The largest absolute Gasteiger partial charge is 0.397 e. The van der Waals surface area contributed by atoms with Crippen molar-refractivity contribution in [2.45, 2.75) is 20.3 Å². The monoisotopic (exact) mass is 182 g/mol. The molecule has 2 N–H and O–H groups in total. The average molecular weight is 182 g/mol. The number of benzene rings is 1. The summed E-state index contributed by atoms with van der Waals surface area (Å²) >= 11 is 0. The molecule has 1 rings (SSSR count). The molecule has 0 aliphatic carbocycles. The average Bonchev–Trinajstić information content (AvgIpc) is 2.11. The van der Waals surface area contributed by atoms with Crippen LogP contribution in [0.15, 0.2) is 24.3 Å². The van der Waals surface area contributed by atoms with Crippen LogP contribution >= 0.6 is 0 Å². The topological polar surface area (TPSA) is 40.5 Å². The summed E-state index contributed by atoms with van der Waals surface area (Å²) in [5.41, 5.74) is 2.50. The van der Waals surface area contributed by atoms with Crippen molar-refractivity contribution in [3.8, 4) is 0 Å². The number of rotatable bonds is 2. The Morgan fingerprint density at radius 2 is 1.69 bits per heavy atom. The Kier molecular flexibility index (Phi) is 7.26. The Hall–Kier alpha value is -0.860. The lowest BCUT2D eigenvalue weighted by Crippen LogP contribution is -1.92. The van der Waals surface area contributed by atoms with Crippen molar-refractivity contribution in [2.24, 2.45) is 0 Å². The van der Waals surface area contributed by atoms with Crippen molar-refractivity contribution in [3.63, 3.8) is 0 Å². The number of aryl methyl sites for hydroxylation is 1. The summed E-state index contributed by atoms with van der Waals surface area (Å²) in [6, 6.07) is 8.12. The van der Waals surface area contributed by atoms with Gasteiger partial charge in [-0.05, 0) is 31.4 Å². The maximum absolute atomic E-state index is 8.64. The summed E-state index contributed by atoms with van der Waals surface area (Å²) in [4.78, 5) is 0. The first-order valence-electron chi connectivity index (χ1n) is 4.52. The molecule has 0 fully saturated rings. The molecule has 0 heterocycles. The summed E-state index contributed by atoms with van der Waals surface area (Å²) in [5, 5.41) is 16.2. The Morgan fingerprint density at radius 1 is 1.15 bits per heavy atom. The van der Waals surface area contributed by atoms with E-state index in [-0.39, 0.29) is 13.2 Å². The third kappa shape index (κ3) is 5.39. The molecule has 0 saturated heterocycles. The van der Waals surface area contributed by atoms with Crippen molar-refractivity contribution in [2.75, 3.05) is 13.2 Å². The molecule has 1 aromatic rings. The summed E-state index contributed by atoms with van der Waals surface area (Å²) in [7, 11) is 0. The molecule has 0 unspecified atom stereocenters. The number of hydrogen-bond donors (Lipinski definition) is 2. The number of aliphatic hydroxyl groups excluding tert-OH is 2. The van der Waals surface area contributed by atoms with Gasteiger partial charge in [-0.2, -0.15) is 0 Å². The Morgan fingerprint density at radius 3 is 2.15 bits per heavy atom. The fraction of sp³-hybridized carbons (Fsp3) is 0.455. The van der Waals surface area contributed by atoms with E-state index < -0.39 is 0 Å². The van der Waals surface area contributed by atoms with E-state index in [2.05, 4.69) is 13.0 Å². The lowest BCUT2D eigenvalue weighted by atomic mass is 10.1. The van der Waals surface area contributed by atoms with Crippen molar-refractivity contribution in [3.05, 3.63) is 35.4 Å². The summed E-state index contributed by atoms with van der Waals surface area (Å²) in [6.45, 7) is 4.23. The van der Waals surface area contributed by atoms with Gasteiger partial charge in [-0.25, -0.2) is 0 Å². The van der Waals surface area contributed by atoms with E-state index in [1.807, 2.05) is 18.2 Å². The van der Waals surface area contributed by atoms with Gasteiger partial charge in [0.05, 0.1) is 0 Å². The zero-order chi connectivity index (χ0) is 10.1. The SMILES string of the molecule is CCO.Cc1ccccc1CCO.